The molecule has 0 bridgehead atoms. The number of H-pyrrole nitrogens is 1. The summed E-state index contributed by atoms with van der Waals surface area (Å²) in [5.74, 6) is 0.362. The Balaban J connectivity index is 1.06. The summed E-state index contributed by atoms with van der Waals surface area (Å²) in [6, 6.07) is 16.4. The zero-order chi connectivity index (χ0) is 22.8. The Kier molecular flexibility index (Phi) is 5.94. The molecular weight excluding hydrogens is 412 g/mol. The number of aromatic nitrogens is 1. The maximum absolute atomic E-state index is 12.8. The van der Waals surface area contributed by atoms with Gasteiger partial charge in [0, 0.05) is 48.7 Å². The number of aromatic amines is 1. The number of carbonyl (C=O) groups is 2. The first-order chi connectivity index (χ1) is 16.0. The lowest BCUT2D eigenvalue weighted by Crippen LogP contribution is -2.37. The Bertz CT molecular complexity index is 1140. The van der Waals surface area contributed by atoms with Crippen LogP contribution in [0.1, 0.15) is 37.3 Å². The van der Waals surface area contributed by atoms with Gasteiger partial charge in [-0.1, -0.05) is 30.3 Å². The third kappa shape index (κ3) is 4.81. The first-order valence-electron chi connectivity index (χ1n) is 11.9. The minimum Gasteiger partial charge on any atom is -0.361 e. The predicted molar refractivity (Wildman–Crippen MR) is 131 cm³/mol. The van der Waals surface area contributed by atoms with Crippen molar-refractivity contribution < 1.29 is 9.59 Å². The maximum Gasteiger partial charge on any atom is 0.223 e. The molecule has 6 heteroatoms. The van der Waals surface area contributed by atoms with Crippen molar-refractivity contribution in [2.45, 2.75) is 39.2 Å². The molecule has 1 saturated carbocycles. The number of nitrogens with zero attached hydrogens (tertiary/aromatic N) is 1. The van der Waals surface area contributed by atoms with E-state index in [9.17, 15) is 9.59 Å². The smallest absolute Gasteiger partial charge is 0.223 e. The molecule has 1 aromatic heterocycles. The number of fused-ring (bicyclic) bond motifs is 1. The summed E-state index contributed by atoms with van der Waals surface area (Å²) in [5, 5.41) is 7.24. The van der Waals surface area contributed by atoms with E-state index in [1.807, 2.05) is 18.2 Å². The third-order valence-corrected chi connectivity index (χ3v) is 7.41. The average Bonchev–Trinajstić information content (AvgIpc) is 3.36. The van der Waals surface area contributed by atoms with Crippen LogP contribution in [0.5, 0.6) is 0 Å². The van der Waals surface area contributed by atoms with E-state index in [0.29, 0.717) is 6.54 Å². The van der Waals surface area contributed by atoms with Gasteiger partial charge in [-0.2, -0.15) is 0 Å². The fourth-order valence-corrected chi connectivity index (χ4v) is 5.36. The molecule has 2 amide bonds. The van der Waals surface area contributed by atoms with Gasteiger partial charge >= 0.3 is 0 Å². The van der Waals surface area contributed by atoms with Gasteiger partial charge in [0.1, 0.15) is 0 Å². The van der Waals surface area contributed by atoms with Crippen molar-refractivity contribution in [2.75, 3.05) is 25.0 Å². The second-order valence-corrected chi connectivity index (χ2v) is 9.67. The van der Waals surface area contributed by atoms with Crippen LogP contribution in [0.4, 0.5) is 5.69 Å². The Morgan fingerprint density at radius 1 is 1.09 bits per heavy atom. The highest BCUT2D eigenvalue weighted by Crippen LogP contribution is 2.59. The lowest BCUT2D eigenvalue weighted by molar-refractivity contribution is -0.123. The van der Waals surface area contributed by atoms with Gasteiger partial charge in [0.25, 0.3) is 0 Å². The summed E-state index contributed by atoms with van der Waals surface area (Å²) in [6.07, 6.45) is 6.13. The van der Waals surface area contributed by atoms with E-state index in [2.05, 4.69) is 57.0 Å². The first-order valence-corrected chi connectivity index (χ1v) is 11.9. The maximum atomic E-state index is 12.8. The molecule has 0 radical (unpaired) electrons. The minimum absolute atomic E-state index is 0.0509. The van der Waals surface area contributed by atoms with Gasteiger partial charge in [0.2, 0.25) is 11.8 Å². The van der Waals surface area contributed by atoms with E-state index in [1.165, 1.54) is 23.4 Å². The van der Waals surface area contributed by atoms with Gasteiger partial charge in [0.15, 0.2) is 0 Å². The summed E-state index contributed by atoms with van der Waals surface area (Å²) < 4.78 is 0. The van der Waals surface area contributed by atoms with Gasteiger partial charge in [-0.15, -0.1) is 0 Å². The van der Waals surface area contributed by atoms with Gasteiger partial charge in [0.05, 0.1) is 0 Å². The van der Waals surface area contributed by atoms with Crippen LogP contribution in [0.2, 0.25) is 0 Å². The molecule has 2 aromatic carbocycles. The average molecular weight is 445 g/mol. The summed E-state index contributed by atoms with van der Waals surface area (Å²) in [6.45, 7) is 5.19. The van der Waals surface area contributed by atoms with Crippen molar-refractivity contribution in [3.05, 3.63) is 65.9 Å². The fourth-order valence-electron chi connectivity index (χ4n) is 5.36. The van der Waals surface area contributed by atoms with Crippen LogP contribution in [0, 0.1) is 11.3 Å². The van der Waals surface area contributed by atoms with Crippen molar-refractivity contribution in [1.29, 1.82) is 0 Å². The van der Waals surface area contributed by atoms with Crippen LogP contribution in [-0.2, 0) is 22.6 Å². The normalized spacial score (nSPS) is 19.5. The van der Waals surface area contributed by atoms with E-state index in [1.54, 1.807) is 0 Å². The van der Waals surface area contributed by atoms with Crippen molar-refractivity contribution in [1.82, 2.24) is 15.2 Å². The second-order valence-electron chi connectivity index (χ2n) is 9.67. The molecule has 2 fully saturated rings. The van der Waals surface area contributed by atoms with Crippen LogP contribution in [-0.4, -0.2) is 41.3 Å². The van der Waals surface area contributed by atoms with Crippen molar-refractivity contribution in [2.24, 2.45) is 11.3 Å². The van der Waals surface area contributed by atoms with Crippen LogP contribution < -0.4 is 10.6 Å². The molecule has 172 valence electrons. The second kappa shape index (κ2) is 9.02. The van der Waals surface area contributed by atoms with Gasteiger partial charge in [-0.25, -0.2) is 0 Å². The molecular formula is C27H32N4O2. The number of carbonyl (C=O) groups excluding carboxylic acids is 2. The highest BCUT2D eigenvalue weighted by Gasteiger charge is 2.58. The van der Waals surface area contributed by atoms with Crippen LogP contribution in [0.3, 0.4) is 0 Å². The van der Waals surface area contributed by atoms with Gasteiger partial charge in [-0.3, -0.25) is 14.5 Å². The first kappa shape index (κ1) is 21.7. The zero-order valence-corrected chi connectivity index (χ0v) is 19.2. The topological polar surface area (TPSA) is 77.2 Å². The summed E-state index contributed by atoms with van der Waals surface area (Å²) >= 11 is 0. The number of piperidine rings is 1. The molecule has 33 heavy (non-hydrogen) atoms. The number of anilines is 1. The molecule has 1 unspecified atom stereocenters. The predicted octanol–water partition coefficient (Wildman–Crippen LogP) is 4.09. The minimum atomic E-state index is -0.0509. The molecule has 1 aliphatic carbocycles. The number of hydrogen-bond donors (Lipinski definition) is 3. The van der Waals surface area contributed by atoms with E-state index >= 15 is 0 Å². The number of likely N-dealkylation sites (tertiary alicyclic amines) is 1. The quantitative estimate of drug-likeness (QED) is 0.514. The molecule has 1 saturated heterocycles. The van der Waals surface area contributed by atoms with Crippen LogP contribution in [0.25, 0.3) is 10.9 Å². The number of para-hydroxylation sites is 1. The molecule has 3 aromatic rings. The molecule has 2 heterocycles. The molecule has 5 rings (SSSR count). The number of amides is 2. The standard InChI is InChI=1S/C27H32N4O2/c1-19(32)30-22-8-6-20(7-9-22)18-31-14-11-27(12-15-31)16-24(27)26(33)28-13-10-21-17-29-25-5-3-2-4-23(21)25/h2-9,17,24,29H,10-16,18H2,1H3,(H,28,33)(H,30,32). The lowest BCUT2D eigenvalue weighted by atomic mass is 9.90. The summed E-state index contributed by atoms with van der Waals surface area (Å²) in [7, 11) is 0. The Morgan fingerprint density at radius 3 is 2.61 bits per heavy atom. The van der Waals surface area contributed by atoms with E-state index in [-0.39, 0.29) is 23.1 Å². The Hall–Kier alpha value is -3.12. The molecule has 1 atom stereocenters. The van der Waals surface area contributed by atoms with E-state index in [4.69, 9.17) is 0 Å². The zero-order valence-electron chi connectivity index (χ0n) is 19.2. The number of rotatable bonds is 7. The van der Waals surface area contributed by atoms with Crippen molar-refractivity contribution in [3.8, 4) is 0 Å². The fraction of sp³-hybridized carbons (Fsp3) is 0.407. The molecule has 1 spiro atoms. The summed E-state index contributed by atoms with van der Waals surface area (Å²) in [4.78, 5) is 29.7. The Labute approximate surface area is 194 Å². The monoisotopic (exact) mass is 444 g/mol. The third-order valence-electron chi connectivity index (χ3n) is 7.41. The highest BCUT2D eigenvalue weighted by atomic mass is 16.2. The lowest BCUT2D eigenvalue weighted by Gasteiger charge is -2.32. The highest BCUT2D eigenvalue weighted by molar-refractivity contribution is 5.88. The number of benzene rings is 2. The van der Waals surface area contributed by atoms with Crippen LogP contribution >= 0.6 is 0 Å². The SMILES string of the molecule is CC(=O)Nc1ccc(CN2CCC3(CC2)CC3C(=O)NCCc2c[nH]c3ccccc23)cc1. The van der Waals surface area contributed by atoms with E-state index in [0.717, 1.165) is 56.5 Å². The Morgan fingerprint density at radius 2 is 1.85 bits per heavy atom. The van der Waals surface area contributed by atoms with Gasteiger partial charge in [-0.05, 0) is 73.5 Å². The number of nitrogens with one attached hydrogen (secondary N) is 3. The molecule has 2 aliphatic rings. The molecule has 1 aliphatic heterocycles. The molecule has 6 nitrogen and oxygen atoms in total. The van der Waals surface area contributed by atoms with Gasteiger partial charge < -0.3 is 15.6 Å². The van der Waals surface area contributed by atoms with Crippen molar-refractivity contribution >= 4 is 28.4 Å². The number of hydrogen-bond acceptors (Lipinski definition) is 3. The van der Waals surface area contributed by atoms with E-state index < -0.39 is 0 Å². The largest absolute Gasteiger partial charge is 0.361 e. The van der Waals surface area contributed by atoms with Crippen molar-refractivity contribution in [3.63, 3.8) is 0 Å². The molecule has 3 N–H and O–H groups in total. The van der Waals surface area contributed by atoms with Crippen LogP contribution in [0.15, 0.2) is 54.7 Å². The summed E-state index contributed by atoms with van der Waals surface area (Å²) in [5.41, 5.74) is 4.71.